The van der Waals surface area contributed by atoms with Gasteiger partial charge in [0, 0.05) is 23.0 Å². The highest BCUT2D eigenvalue weighted by molar-refractivity contribution is 7.92. The van der Waals surface area contributed by atoms with Gasteiger partial charge in [-0.3, -0.25) is 4.98 Å². The number of sulfone groups is 1. The molecule has 0 amide bonds. The number of fused-ring (bicyclic) bond motifs is 2. The Balaban J connectivity index is 1.57. The summed E-state index contributed by atoms with van der Waals surface area (Å²) in [5.74, 6) is 0. The van der Waals surface area contributed by atoms with Gasteiger partial charge in [0.15, 0.2) is 9.84 Å². The second-order valence-electron chi connectivity index (χ2n) is 7.15. The third kappa shape index (κ3) is 3.04. The first-order valence-corrected chi connectivity index (χ1v) is 11.8. The van der Waals surface area contributed by atoms with E-state index in [-0.39, 0.29) is 5.25 Å². The third-order valence-corrected chi connectivity index (χ3v) is 8.46. The fourth-order valence-corrected chi connectivity index (χ4v) is 6.43. The number of thiazole rings is 1. The van der Waals surface area contributed by atoms with Gasteiger partial charge in [-0.05, 0) is 55.3 Å². The van der Waals surface area contributed by atoms with Gasteiger partial charge in [0.2, 0.25) is 0 Å². The van der Waals surface area contributed by atoms with E-state index in [1.165, 1.54) is 0 Å². The summed E-state index contributed by atoms with van der Waals surface area (Å²) in [5, 5.41) is 3.95. The number of nitrogens with zero attached hydrogens (tertiary/aromatic N) is 2. The second kappa shape index (κ2) is 6.83. The van der Waals surface area contributed by atoms with Crippen LogP contribution in [0.1, 0.15) is 25.7 Å². The Hall–Kier alpha value is -2.51. The summed E-state index contributed by atoms with van der Waals surface area (Å²) in [4.78, 5) is 9.15. The molecule has 5 nitrogen and oxygen atoms in total. The standard InChI is InChI=1S/C21H19N3O2S2/c25-28(26,15-3-1-2-4-15)16-6-7-18-17(12-16)19(9-10-22-18)24-14-5-8-21-20(11-14)23-13-27-21/h5-13,15H,1-4H2,(H,22,24). The van der Waals surface area contributed by atoms with Gasteiger partial charge in [0.1, 0.15) is 0 Å². The molecule has 4 aromatic rings. The molecule has 2 heterocycles. The number of hydrogen-bond acceptors (Lipinski definition) is 6. The molecule has 2 aromatic carbocycles. The van der Waals surface area contributed by atoms with Crippen molar-refractivity contribution in [3.63, 3.8) is 0 Å². The van der Waals surface area contributed by atoms with Crippen molar-refractivity contribution in [1.29, 1.82) is 0 Å². The smallest absolute Gasteiger partial charge is 0.181 e. The Labute approximate surface area is 167 Å². The molecule has 1 aliphatic rings. The Bertz CT molecular complexity index is 1280. The SMILES string of the molecule is O=S(=O)(c1ccc2nccc(Nc3ccc4scnc4c3)c2c1)C1CCCC1. The lowest BCUT2D eigenvalue weighted by Crippen LogP contribution is -2.17. The lowest BCUT2D eigenvalue weighted by molar-refractivity contribution is 0.580. The first-order valence-electron chi connectivity index (χ1n) is 9.34. The van der Waals surface area contributed by atoms with E-state index >= 15 is 0 Å². The molecule has 0 spiro atoms. The van der Waals surface area contributed by atoms with Gasteiger partial charge < -0.3 is 5.32 Å². The van der Waals surface area contributed by atoms with Crippen molar-refractivity contribution in [2.24, 2.45) is 0 Å². The minimum Gasteiger partial charge on any atom is -0.355 e. The highest BCUT2D eigenvalue weighted by atomic mass is 32.2. The maximum absolute atomic E-state index is 13.0. The minimum absolute atomic E-state index is 0.259. The van der Waals surface area contributed by atoms with Crippen LogP contribution in [0.5, 0.6) is 0 Å². The van der Waals surface area contributed by atoms with Crippen molar-refractivity contribution in [2.45, 2.75) is 35.8 Å². The zero-order valence-electron chi connectivity index (χ0n) is 15.1. The molecule has 5 rings (SSSR count). The molecule has 0 saturated heterocycles. The highest BCUT2D eigenvalue weighted by Crippen LogP contribution is 2.33. The van der Waals surface area contributed by atoms with Crippen LogP contribution in [0.15, 0.2) is 59.1 Å². The van der Waals surface area contributed by atoms with Crippen molar-refractivity contribution in [3.05, 3.63) is 54.2 Å². The van der Waals surface area contributed by atoms with Crippen molar-refractivity contribution in [1.82, 2.24) is 9.97 Å². The van der Waals surface area contributed by atoms with Crippen LogP contribution >= 0.6 is 11.3 Å². The molecule has 0 unspecified atom stereocenters. The molecule has 1 fully saturated rings. The first kappa shape index (κ1) is 17.6. The van der Waals surface area contributed by atoms with Gasteiger partial charge in [-0.25, -0.2) is 13.4 Å². The zero-order chi connectivity index (χ0) is 19.1. The van der Waals surface area contributed by atoms with E-state index in [4.69, 9.17) is 0 Å². The Kier molecular flexibility index (Phi) is 4.29. The average molecular weight is 410 g/mol. The predicted molar refractivity (Wildman–Crippen MR) is 114 cm³/mol. The van der Waals surface area contributed by atoms with E-state index < -0.39 is 9.84 Å². The highest BCUT2D eigenvalue weighted by Gasteiger charge is 2.30. The Morgan fingerprint density at radius 3 is 2.68 bits per heavy atom. The normalized spacial score (nSPS) is 15.4. The van der Waals surface area contributed by atoms with Crippen LogP contribution in [-0.2, 0) is 9.84 Å². The quantitative estimate of drug-likeness (QED) is 0.495. The van der Waals surface area contributed by atoms with E-state index in [1.54, 1.807) is 35.7 Å². The first-order chi connectivity index (χ1) is 13.6. The molecule has 0 aliphatic heterocycles. The topological polar surface area (TPSA) is 72.0 Å². The molecule has 0 atom stereocenters. The Morgan fingerprint density at radius 1 is 0.964 bits per heavy atom. The maximum atomic E-state index is 13.0. The van der Waals surface area contributed by atoms with E-state index in [0.717, 1.165) is 58.2 Å². The van der Waals surface area contributed by atoms with Gasteiger partial charge in [0.05, 0.1) is 31.4 Å². The summed E-state index contributed by atoms with van der Waals surface area (Å²) in [5.41, 5.74) is 5.29. The van der Waals surface area contributed by atoms with Gasteiger partial charge in [-0.15, -0.1) is 11.3 Å². The van der Waals surface area contributed by atoms with E-state index in [9.17, 15) is 8.42 Å². The second-order valence-corrected chi connectivity index (χ2v) is 10.3. The van der Waals surface area contributed by atoms with Crippen molar-refractivity contribution >= 4 is 53.7 Å². The van der Waals surface area contributed by atoms with Crippen LogP contribution in [-0.4, -0.2) is 23.6 Å². The molecule has 7 heteroatoms. The van der Waals surface area contributed by atoms with Crippen LogP contribution in [0.2, 0.25) is 0 Å². The number of benzene rings is 2. The zero-order valence-corrected chi connectivity index (χ0v) is 16.8. The summed E-state index contributed by atoms with van der Waals surface area (Å²) in [7, 11) is -3.31. The van der Waals surface area contributed by atoms with E-state index in [2.05, 4.69) is 15.3 Å². The summed E-state index contributed by atoms with van der Waals surface area (Å²) in [6, 6.07) is 13.2. The monoisotopic (exact) mass is 409 g/mol. The lowest BCUT2D eigenvalue weighted by Gasteiger charge is -2.14. The summed E-state index contributed by atoms with van der Waals surface area (Å²) < 4.78 is 27.2. The fourth-order valence-electron chi connectivity index (χ4n) is 3.89. The van der Waals surface area contributed by atoms with Crippen LogP contribution in [0.25, 0.3) is 21.1 Å². The molecule has 142 valence electrons. The molecule has 2 aromatic heterocycles. The van der Waals surface area contributed by atoms with Gasteiger partial charge >= 0.3 is 0 Å². The summed E-state index contributed by atoms with van der Waals surface area (Å²) in [6.07, 6.45) is 5.23. The van der Waals surface area contributed by atoms with E-state index in [1.807, 2.05) is 29.8 Å². The van der Waals surface area contributed by atoms with Crippen LogP contribution in [0.3, 0.4) is 0 Å². The fraction of sp³-hybridized carbons (Fsp3) is 0.238. The number of rotatable bonds is 4. The number of aromatic nitrogens is 2. The number of nitrogens with one attached hydrogen (secondary N) is 1. The average Bonchev–Trinajstić information content (AvgIpc) is 3.40. The van der Waals surface area contributed by atoms with Gasteiger partial charge in [0.25, 0.3) is 0 Å². The molecule has 0 radical (unpaired) electrons. The van der Waals surface area contributed by atoms with E-state index in [0.29, 0.717) is 4.90 Å². The van der Waals surface area contributed by atoms with Crippen LogP contribution < -0.4 is 5.32 Å². The minimum atomic E-state index is -3.31. The third-order valence-electron chi connectivity index (χ3n) is 5.39. The van der Waals surface area contributed by atoms with Gasteiger partial charge in [-0.1, -0.05) is 12.8 Å². The van der Waals surface area contributed by atoms with Crippen LogP contribution in [0.4, 0.5) is 11.4 Å². The molecule has 0 bridgehead atoms. The van der Waals surface area contributed by atoms with Crippen LogP contribution in [0, 0.1) is 0 Å². The Morgan fingerprint density at radius 2 is 1.82 bits per heavy atom. The summed E-state index contributed by atoms with van der Waals surface area (Å²) in [6.45, 7) is 0. The maximum Gasteiger partial charge on any atom is 0.181 e. The molecule has 1 aliphatic carbocycles. The molecular formula is C21H19N3O2S2. The molecule has 1 saturated carbocycles. The number of hydrogen-bond donors (Lipinski definition) is 1. The van der Waals surface area contributed by atoms with Gasteiger partial charge in [-0.2, -0.15) is 0 Å². The molecular weight excluding hydrogens is 390 g/mol. The largest absolute Gasteiger partial charge is 0.355 e. The predicted octanol–water partition coefficient (Wildman–Crippen LogP) is 5.30. The number of pyridine rings is 1. The van der Waals surface area contributed by atoms with Crippen molar-refractivity contribution in [2.75, 3.05) is 5.32 Å². The van der Waals surface area contributed by atoms with Crippen molar-refractivity contribution < 1.29 is 8.42 Å². The lowest BCUT2D eigenvalue weighted by atomic mass is 10.2. The molecule has 28 heavy (non-hydrogen) atoms. The molecule has 1 N–H and O–H groups in total. The number of anilines is 2. The summed E-state index contributed by atoms with van der Waals surface area (Å²) >= 11 is 1.61. The van der Waals surface area contributed by atoms with Crippen molar-refractivity contribution in [3.8, 4) is 0 Å².